The molecular formula is C16H20N2O3. The number of aryl methyl sites for hydroxylation is 1. The summed E-state index contributed by atoms with van der Waals surface area (Å²) in [6.45, 7) is 6.02. The summed E-state index contributed by atoms with van der Waals surface area (Å²) in [5.74, 6) is 1.69. The third-order valence-electron chi connectivity index (χ3n) is 3.11. The predicted molar refractivity (Wildman–Crippen MR) is 81.3 cm³/mol. The lowest BCUT2D eigenvalue weighted by atomic mass is 10.1. The van der Waals surface area contributed by atoms with Gasteiger partial charge in [-0.1, -0.05) is 6.07 Å². The molecule has 1 atom stereocenters. The van der Waals surface area contributed by atoms with E-state index in [1.807, 2.05) is 32.9 Å². The van der Waals surface area contributed by atoms with Crippen molar-refractivity contribution in [2.45, 2.75) is 26.8 Å². The van der Waals surface area contributed by atoms with Crippen molar-refractivity contribution < 1.29 is 13.9 Å². The van der Waals surface area contributed by atoms with E-state index in [1.54, 1.807) is 18.2 Å². The summed E-state index contributed by atoms with van der Waals surface area (Å²) in [6.07, 6.45) is 0. The second kappa shape index (κ2) is 6.35. The summed E-state index contributed by atoms with van der Waals surface area (Å²) in [5, 5.41) is 2.88. The number of nitrogens with two attached hydrogens (primary N) is 1. The molecule has 1 aromatic heterocycles. The van der Waals surface area contributed by atoms with Gasteiger partial charge in [-0.25, -0.2) is 0 Å². The first-order valence-corrected chi connectivity index (χ1v) is 6.91. The Bertz CT molecular complexity index is 634. The number of hydrogen-bond donors (Lipinski definition) is 2. The van der Waals surface area contributed by atoms with E-state index in [9.17, 15) is 4.79 Å². The number of hydrogen-bond acceptors (Lipinski definition) is 4. The van der Waals surface area contributed by atoms with Crippen LogP contribution in [0, 0.1) is 6.92 Å². The highest BCUT2D eigenvalue weighted by Crippen LogP contribution is 2.27. The van der Waals surface area contributed by atoms with Gasteiger partial charge in [0.1, 0.15) is 11.5 Å². The van der Waals surface area contributed by atoms with E-state index in [2.05, 4.69) is 5.32 Å². The quantitative estimate of drug-likeness (QED) is 0.829. The molecule has 1 unspecified atom stereocenters. The zero-order valence-electron chi connectivity index (χ0n) is 12.5. The predicted octanol–water partition coefficient (Wildman–Crippen LogP) is 3.06. The van der Waals surface area contributed by atoms with Crippen LogP contribution in [-0.4, -0.2) is 12.5 Å². The molecule has 3 N–H and O–H groups in total. The molecule has 0 bridgehead atoms. The van der Waals surface area contributed by atoms with E-state index in [1.165, 1.54) is 0 Å². The van der Waals surface area contributed by atoms with Crippen molar-refractivity contribution in [1.82, 2.24) is 5.32 Å². The molecule has 1 heterocycles. The van der Waals surface area contributed by atoms with E-state index >= 15 is 0 Å². The number of rotatable bonds is 5. The topological polar surface area (TPSA) is 77.5 Å². The minimum atomic E-state index is -0.243. The molecule has 5 heteroatoms. The van der Waals surface area contributed by atoms with Gasteiger partial charge in [-0.15, -0.1) is 0 Å². The van der Waals surface area contributed by atoms with Crippen molar-refractivity contribution >= 4 is 11.6 Å². The molecule has 0 aliphatic carbocycles. The number of nitrogens with one attached hydrogen (secondary N) is 1. The number of ether oxygens (including phenoxy) is 1. The maximum absolute atomic E-state index is 12.4. The molecule has 0 fully saturated rings. The molecule has 0 aliphatic rings. The minimum absolute atomic E-state index is 0.234. The zero-order valence-corrected chi connectivity index (χ0v) is 12.5. The fourth-order valence-electron chi connectivity index (χ4n) is 2.07. The number of para-hydroxylation sites is 1. The lowest BCUT2D eigenvalue weighted by Crippen LogP contribution is -2.27. The van der Waals surface area contributed by atoms with Crippen LogP contribution >= 0.6 is 0 Å². The van der Waals surface area contributed by atoms with Crippen molar-refractivity contribution in [3.63, 3.8) is 0 Å². The van der Waals surface area contributed by atoms with Gasteiger partial charge in [0, 0.05) is 0 Å². The first-order chi connectivity index (χ1) is 10.0. The lowest BCUT2D eigenvalue weighted by Gasteiger charge is -2.15. The van der Waals surface area contributed by atoms with Crippen LogP contribution in [0.5, 0.6) is 5.75 Å². The molecule has 0 saturated carbocycles. The second-order valence-electron chi connectivity index (χ2n) is 4.80. The number of benzene rings is 1. The summed E-state index contributed by atoms with van der Waals surface area (Å²) in [7, 11) is 0. The van der Waals surface area contributed by atoms with Crippen LogP contribution in [0.1, 0.15) is 41.8 Å². The van der Waals surface area contributed by atoms with Gasteiger partial charge < -0.3 is 20.2 Å². The maximum atomic E-state index is 12.4. The first kappa shape index (κ1) is 15.0. The Balaban J connectivity index is 2.18. The summed E-state index contributed by atoms with van der Waals surface area (Å²) in [4.78, 5) is 12.4. The van der Waals surface area contributed by atoms with Crippen molar-refractivity contribution in [2.24, 2.45) is 0 Å². The Morgan fingerprint density at radius 2 is 2.14 bits per heavy atom. The highest BCUT2D eigenvalue weighted by Gasteiger charge is 2.18. The molecule has 2 aromatic rings. The van der Waals surface area contributed by atoms with Crippen LogP contribution in [0.15, 0.2) is 34.7 Å². The van der Waals surface area contributed by atoms with Crippen LogP contribution in [0.2, 0.25) is 0 Å². The minimum Gasteiger partial charge on any atom is -0.491 e. The molecule has 0 saturated heterocycles. The number of furan rings is 1. The number of amides is 1. The second-order valence-corrected chi connectivity index (χ2v) is 4.80. The standard InChI is InChI=1S/C16H20N2O3/c1-4-20-15-12(6-5-7-13(15)17)16(19)18-11(3)14-9-8-10(2)21-14/h5-9,11H,4,17H2,1-3H3,(H,18,19). The van der Waals surface area contributed by atoms with Crippen molar-refractivity contribution in [2.75, 3.05) is 12.3 Å². The fourth-order valence-corrected chi connectivity index (χ4v) is 2.07. The third-order valence-corrected chi connectivity index (χ3v) is 3.11. The Labute approximate surface area is 124 Å². The molecular weight excluding hydrogens is 268 g/mol. The van der Waals surface area contributed by atoms with Crippen LogP contribution in [-0.2, 0) is 0 Å². The Hall–Kier alpha value is -2.43. The Kier molecular flexibility index (Phi) is 4.52. The average Bonchev–Trinajstić information content (AvgIpc) is 2.88. The number of nitrogen functional groups attached to an aromatic ring is 1. The van der Waals surface area contributed by atoms with E-state index in [4.69, 9.17) is 14.9 Å². The van der Waals surface area contributed by atoms with Crippen LogP contribution in [0.4, 0.5) is 5.69 Å². The molecule has 1 amide bonds. The first-order valence-electron chi connectivity index (χ1n) is 6.91. The highest BCUT2D eigenvalue weighted by molar-refractivity contribution is 5.98. The van der Waals surface area contributed by atoms with Gasteiger partial charge in [0.2, 0.25) is 0 Å². The number of carbonyl (C=O) groups excluding carboxylic acids is 1. The Morgan fingerprint density at radius 3 is 2.76 bits per heavy atom. The molecule has 0 radical (unpaired) electrons. The van der Waals surface area contributed by atoms with E-state index in [0.717, 1.165) is 5.76 Å². The van der Waals surface area contributed by atoms with Crippen LogP contribution < -0.4 is 15.8 Å². The summed E-state index contributed by atoms with van der Waals surface area (Å²) in [5.41, 5.74) is 6.74. The van der Waals surface area contributed by atoms with Gasteiger partial charge >= 0.3 is 0 Å². The summed E-state index contributed by atoms with van der Waals surface area (Å²) in [6, 6.07) is 8.61. The molecule has 21 heavy (non-hydrogen) atoms. The molecule has 2 rings (SSSR count). The van der Waals surface area contributed by atoms with Gasteiger partial charge in [0.15, 0.2) is 5.75 Å². The van der Waals surface area contributed by atoms with E-state index in [0.29, 0.717) is 29.4 Å². The number of carbonyl (C=O) groups is 1. The van der Waals surface area contributed by atoms with Crippen molar-refractivity contribution in [3.05, 3.63) is 47.4 Å². The smallest absolute Gasteiger partial charge is 0.255 e. The molecule has 1 aromatic carbocycles. The highest BCUT2D eigenvalue weighted by atomic mass is 16.5. The fraction of sp³-hybridized carbons (Fsp3) is 0.312. The maximum Gasteiger partial charge on any atom is 0.255 e. The monoisotopic (exact) mass is 288 g/mol. The van der Waals surface area contributed by atoms with Gasteiger partial charge in [0.05, 0.1) is 23.9 Å². The molecule has 0 spiro atoms. The van der Waals surface area contributed by atoms with Crippen molar-refractivity contribution in [1.29, 1.82) is 0 Å². The van der Waals surface area contributed by atoms with Gasteiger partial charge in [-0.3, -0.25) is 4.79 Å². The van der Waals surface area contributed by atoms with Gasteiger partial charge in [-0.05, 0) is 45.0 Å². The van der Waals surface area contributed by atoms with Crippen LogP contribution in [0.3, 0.4) is 0 Å². The summed E-state index contributed by atoms with van der Waals surface area (Å²) >= 11 is 0. The SMILES string of the molecule is CCOc1c(N)cccc1C(=O)NC(C)c1ccc(C)o1. The van der Waals surface area contributed by atoms with Gasteiger partial charge in [-0.2, -0.15) is 0 Å². The Morgan fingerprint density at radius 1 is 1.38 bits per heavy atom. The van der Waals surface area contributed by atoms with E-state index in [-0.39, 0.29) is 11.9 Å². The normalized spacial score (nSPS) is 12.0. The largest absolute Gasteiger partial charge is 0.491 e. The molecule has 5 nitrogen and oxygen atoms in total. The van der Waals surface area contributed by atoms with Crippen molar-refractivity contribution in [3.8, 4) is 5.75 Å². The third kappa shape index (κ3) is 3.37. The summed E-state index contributed by atoms with van der Waals surface area (Å²) < 4.78 is 11.0. The lowest BCUT2D eigenvalue weighted by molar-refractivity contribution is 0.0931. The van der Waals surface area contributed by atoms with Gasteiger partial charge in [0.25, 0.3) is 5.91 Å². The average molecular weight is 288 g/mol. The van der Waals surface area contributed by atoms with Crippen LogP contribution in [0.25, 0.3) is 0 Å². The molecule has 0 aliphatic heterocycles. The zero-order chi connectivity index (χ0) is 15.4. The number of anilines is 1. The molecule has 112 valence electrons. The van der Waals surface area contributed by atoms with E-state index < -0.39 is 0 Å².